The normalized spacial score (nSPS) is 10.8. The Morgan fingerprint density at radius 3 is 2.73 bits per heavy atom. The second kappa shape index (κ2) is 8.60. The number of nitrogens with zero attached hydrogens (tertiary/aromatic N) is 4. The third-order valence-electron chi connectivity index (χ3n) is 4.07. The number of hydrogen-bond acceptors (Lipinski definition) is 8. The van der Waals surface area contributed by atoms with Crippen molar-refractivity contribution in [2.75, 3.05) is 17.3 Å². The van der Waals surface area contributed by atoms with Crippen LogP contribution in [0.4, 0.5) is 17.5 Å². The van der Waals surface area contributed by atoms with E-state index in [-0.39, 0.29) is 0 Å². The van der Waals surface area contributed by atoms with Crippen LogP contribution in [0.1, 0.15) is 5.56 Å². The first kappa shape index (κ1) is 20.0. The molecule has 2 aromatic carbocycles. The molecule has 0 atom stereocenters. The number of nitrogen functional groups attached to an aromatic ring is 1. The molecule has 4 aromatic rings. The monoisotopic (exact) mass is 439 g/mol. The number of nitrogens with one attached hydrogen (secondary N) is 2. The summed E-state index contributed by atoms with van der Waals surface area (Å²) in [5, 5.41) is 12.5. The van der Waals surface area contributed by atoms with Gasteiger partial charge in [-0.3, -0.25) is 0 Å². The highest BCUT2D eigenvalue weighted by molar-refractivity contribution is 7.98. The van der Waals surface area contributed by atoms with Gasteiger partial charge < -0.3 is 20.8 Å². The third kappa shape index (κ3) is 4.64. The molecule has 0 saturated carbocycles. The summed E-state index contributed by atoms with van der Waals surface area (Å²) in [6, 6.07) is 14.8. The van der Waals surface area contributed by atoms with Gasteiger partial charge in [0, 0.05) is 23.4 Å². The molecule has 2 aromatic heterocycles. The zero-order valence-corrected chi connectivity index (χ0v) is 17.8. The molecule has 8 nitrogen and oxygen atoms in total. The van der Waals surface area contributed by atoms with Gasteiger partial charge in [-0.2, -0.15) is 4.98 Å². The van der Waals surface area contributed by atoms with Crippen LogP contribution in [0.25, 0.3) is 11.4 Å². The first-order chi connectivity index (χ1) is 14.5. The van der Waals surface area contributed by atoms with E-state index in [1.165, 1.54) is 11.8 Å². The molecule has 0 aliphatic carbocycles. The Morgan fingerprint density at radius 2 is 1.97 bits per heavy atom. The predicted molar refractivity (Wildman–Crippen MR) is 120 cm³/mol. The third-order valence-corrected chi connectivity index (χ3v) is 4.93. The molecule has 0 fully saturated rings. The lowest BCUT2D eigenvalue weighted by Crippen LogP contribution is -1.97. The van der Waals surface area contributed by atoms with Crippen molar-refractivity contribution in [3.63, 3.8) is 0 Å². The van der Waals surface area contributed by atoms with Crippen molar-refractivity contribution in [3.8, 4) is 23.0 Å². The second-order valence-electron chi connectivity index (χ2n) is 6.38. The van der Waals surface area contributed by atoms with Gasteiger partial charge in [0.05, 0.1) is 5.02 Å². The van der Waals surface area contributed by atoms with E-state index in [1.807, 2.05) is 37.4 Å². The molecule has 152 valence electrons. The van der Waals surface area contributed by atoms with Crippen molar-refractivity contribution in [1.82, 2.24) is 25.1 Å². The van der Waals surface area contributed by atoms with Gasteiger partial charge in [0.1, 0.15) is 11.6 Å². The number of halogens is 1. The van der Waals surface area contributed by atoms with Crippen molar-refractivity contribution in [2.24, 2.45) is 0 Å². The van der Waals surface area contributed by atoms with Gasteiger partial charge in [-0.25, -0.2) is 4.98 Å². The molecule has 0 spiro atoms. The van der Waals surface area contributed by atoms with E-state index >= 15 is 0 Å². The van der Waals surface area contributed by atoms with Crippen LogP contribution in [0.15, 0.2) is 53.7 Å². The average molecular weight is 440 g/mol. The summed E-state index contributed by atoms with van der Waals surface area (Å²) in [5.74, 6) is 2.26. The lowest BCUT2D eigenvalue weighted by Gasteiger charge is -2.08. The number of rotatable bonds is 6. The quantitative estimate of drug-likeness (QED) is 0.282. The minimum absolute atomic E-state index is 0.336. The van der Waals surface area contributed by atoms with Crippen LogP contribution in [0.5, 0.6) is 11.6 Å². The van der Waals surface area contributed by atoms with Crippen LogP contribution >= 0.6 is 23.4 Å². The number of aromatic amines is 1. The molecule has 2 heterocycles. The summed E-state index contributed by atoms with van der Waals surface area (Å²) in [5.41, 5.74) is 8.55. The first-order valence-electron chi connectivity index (χ1n) is 8.93. The molecule has 0 bridgehead atoms. The van der Waals surface area contributed by atoms with Crippen LogP contribution in [-0.4, -0.2) is 31.4 Å². The standard InChI is InChI=1S/C20H18ClN7OS/c1-11-4-3-5-12(8-11)23-19-26-18(27-28-19)14-7-6-13(9-15(14)21)29-17-10-16(22)24-20(25-17)30-2/h3-10H,1-2H3,(H2,22,24,25)(H2,23,26,27,28). The Bertz CT molecular complexity index is 1200. The molecule has 0 radical (unpaired) electrons. The minimum atomic E-state index is 0.336. The molecule has 0 saturated heterocycles. The molecule has 4 rings (SSSR count). The highest BCUT2D eigenvalue weighted by atomic mass is 35.5. The average Bonchev–Trinajstić information content (AvgIpc) is 3.15. The number of nitrogens with two attached hydrogens (primary N) is 1. The molecular formula is C20H18ClN7OS. The maximum atomic E-state index is 6.46. The van der Waals surface area contributed by atoms with Crippen molar-refractivity contribution >= 4 is 40.8 Å². The van der Waals surface area contributed by atoms with Crippen molar-refractivity contribution in [1.29, 1.82) is 0 Å². The molecule has 30 heavy (non-hydrogen) atoms. The van der Waals surface area contributed by atoms with Crippen LogP contribution < -0.4 is 15.8 Å². The summed E-state index contributed by atoms with van der Waals surface area (Å²) in [7, 11) is 0. The Kier molecular flexibility index (Phi) is 5.73. The van der Waals surface area contributed by atoms with Gasteiger partial charge in [-0.15, -0.1) is 10.2 Å². The lowest BCUT2D eigenvalue weighted by atomic mass is 10.2. The fraction of sp³-hybridized carbons (Fsp3) is 0.100. The van der Waals surface area contributed by atoms with Crippen LogP contribution in [-0.2, 0) is 0 Å². The smallest absolute Gasteiger partial charge is 0.226 e. The van der Waals surface area contributed by atoms with E-state index in [1.54, 1.807) is 24.3 Å². The zero-order valence-electron chi connectivity index (χ0n) is 16.2. The molecule has 0 unspecified atom stereocenters. The van der Waals surface area contributed by atoms with Crippen molar-refractivity contribution in [3.05, 3.63) is 59.1 Å². The maximum Gasteiger partial charge on any atom is 0.226 e. The van der Waals surface area contributed by atoms with Gasteiger partial charge in [0.2, 0.25) is 11.8 Å². The topological polar surface area (TPSA) is 115 Å². The second-order valence-corrected chi connectivity index (χ2v) is 7.56. The Labute approximate surface area is 182 Å². The number of ether oxygens (including phenoxy) is 1. The van der Waals surface area contributed by atoms with E-state index in [2.05, 4.69) is 30.5 Å². The largest absolute Gasteiger partial charge is 0.439 e. The molecule has 0 aliphatic heterocycles. The molecule has 4 N–H and O–H groups in total. The number of benzene rings is 2. The number of hydrogen-bond donors (Lipinski definition) is 3. The van der Waals surface area contributed by atoms with Crippen molar-refractivity contribution < 1.29 is 4.74 Å². The minimum Gasteiger partial charge on any atom is -0.439 e. The van der Waals surface area contributed by atoms with E-state index < -0.39 is 0 Å². The first-order valence-corrected chi connectivity index (χ1v) is 10.5. The van der Waals surface area contributed by atoms with Gasteiger partial charge in [0.15, 0.2) is 11.0 Å². The number of aromatic nitrogens is 5. The highest BCUT2D eigenvalue weighted by Crippen LogP contribution is 2.32. The van der Waals surface area contributed by atoms with Gasteiger partial charge in [-0.05, 0) is 43.0 Å². The lowest BCUT2D eigenvalue weighted by molar-refractivity contribution is 0.456. The van der Waals surface area contributed by atoms with E-state index in [0.29, 0.717) is 45.0 Å². The van der Waals surface area contributed by atoms with Crippen LogP contribution in [0.3, 0.4) is 0 Å². The van der Waals surface area contributed by atoms with E-state index in [4.69, 9.17) is 22.1 Å². The molecule has 10 heteroatoms. The Hall–Kier alpha value is -3.30. The number of thioether (sulfide) groups is 1. The summed E-state index contributed by atoms with van der Waals surface area (Å²) in [6.45, 7) is 2.03. The highest BCUT2D eigenvalue weighted by Gasteiger charge is 2.12. The fourth-order valence-electron chi connectivity index (χ4n) is 2.74. The summed E-state index contributed by atoms with van der Waals surface area (Å²) in [4.78, 5) is 11.5. The summed E-state index contributed by atoms with van der Waals surface area (Å²) >= 11 is 7.84. The number of H-pyrrole nitrogens is 1. The Balaban J connectivity index is 1.52. The van der Waals surface area contributed by atoms with E-state index in [9.17, 15) is 0 Å². The SMILES string of the molecule is CSc1nc(N)cc(Oc2ccc(-c3nnc(Nc4cccc(C)c4)[nH]3)c(Cl)c2)n1. The maximum absolute atomic E-state index is 6.46. The fourth-order valence-corrected chi connectivity index (χ4v) is 3.37. The predicted octanol–water partition coefficient (Wildman–Crippen LogP) is 5.06. The Morgan fingerprint density at radius 1 is 1.10 bits per heavy atom. The van der Waals surface area contributed by atoms with Crippen LogP contribution in [0, 0.1) is 6.92 Å². The zero-order chi connectivity index (χ0) is 21.1. The molecular weight excluding hydrogens is 422 g/mol. The van der Waals surface area contributed by atoms with Crippen LogP contribution in [0.2, 0.25) is 5.02 Å². The summed E-state index contributed by atoms with van der Waals surface area (Å²) < 4.78 is 5.78. The van der Waals surface area contributed by atoms with Crippen molar-refractivity contribution in [2.45, 2.75) is 12.1 Å². The number of anilines is 3. The number of aryl methyl sites for hydroxylation is 1. The summed E-state index contributed by atoms with van der Waals surface area (Å²) in [6.07, 6.45) is 1.86. The van der Waals surface area contributed by atoms with Gasteiger partial charge in [0.25, 0.3) is 0 Å². The molecule has 0 amide bonds. The van der Waals surface area contributed by atoms with E-state index in [0.717, 1.165) is 11.3 Å². The molecule has 0 aliphatic rings. The van der Waals surface area contributed by atoms with Gasteiger partial charge >= 0.3 is 0 Å². The van der Waals surface area contributed by atoms with Gasteiger partial charge in [-0.1, -0.05) is 35.5 Å².